The zero-order valence-corrected chi connectivity index (χ0v) is 12.0. The van der Waals surface area contributed by atoms with Crippen molar-refractivity contribution in [1.82, 2.24) is 15.3 Å². The summed E-state index contributed by atoms with van der Waals surface area (Å²) in [6.07, 6.45) is 0.810. The number of nitrogens with one attached hydrogen (secondary N) is 2. The molecule has 106 valence electrons. The second-order valence-electron chi connectivity index (χ2n) is 4.75. The Morgan fingerprint density at radius 3 is 2.81 bits per heavy atom. The minimum atomic E-state index is -0.0986. The van der Waals surface area contributed by atoms with Crippen LogP contribution in [-0.4, -0.2) is 22.4 Å². The van der Waals surface area contributed by atoms with Gasteiger partial charge in [-0.1, -0.05) is 30.3 Å². The fourth-order valence-corrected chi connectivity index (χ4v) is 2.38. The van der Waals surface area contributed by atoms with E-state index in [2.05, 4.69) is 15.3 Å². The molecule has 0 bridgehead atoms. The molecule has 0 saturated heterocycles. The van der Waals surface area contributed by atoms with Crippen LogP contribution in [0.25, 0.3) is 11.0 Å². The number of imidazole rings is 1. The van der Waals surface area contributed by atoms with Crippen molar-refractivity contribution >= 4 is 28.5 Å². The number of aromatic amines is 1. The van der Waals surface area contributed by atoms with Crippen LogP contribution in [0.2, 0.25) is 5.28 Å². The molecule has 0 unspecified atom stereocenters. The topological polar surface area (TPSA) is 57.8 Å². The molecule has 0 saturated carbocycles. The molecule has 0 aliphatic heterocycles. The van der Waals surface area contributed by atoms with Gasteiger partial charge in [0, 0.05) is 12.1 Å². The van der Waals surface area contributed by atoms with Crippen LogP contribution in [0, 0.1) is 0 Å². The van der Waals surface area contributed by atoms with Crippen molar-refractivity contribution in [1.29, 1.82) is 0 Å². The molecule has 1 amide bonds. The van der Waals surface area contributed by atoms with Crippen molar-refractivity contribution in [2.45, 2.75) is 6.42 Å². The number of rotatable bonds is 4. The van der Waals surface area contributed by atoms with E-state index in [1.165, 1.54) is 5.56 Å². The van der Waals surface area contributed by atoms with E-state index < -0.39 is 0 Å². The molecule has 2 aromatic carbocycles. The second-order valence-corrected chi connectivity index (χ2v) is 5.11. The summed E-state index contributed by atoms with van der Waals surface area (Å²) in [5, 5.41) is 3.24. The van der Waals surface area contributed by atoms with E-state index in [4.69, 9.17) is 11.6 Å². The molecule has 0 radical (unpaired) electrons. The lowest BCUT2D eigenvalue weighted by atomic mass is 10.1. The molecule has 2 N–H and O–H groups in total. The highest BCUT2D eigenvalue weighted by molar-refractivity contribution is 6.29. The zero-order valence-electron chi connectivity index (χ0n) is 11.3. The molecule has 0 atom stereocenters. The second kappa shape index (κ2) is 5.97. The molecule has 1 heterocycles. The zero-order chi connectivity index (χ0) is 14.7. The van der Waals surface area contributed by atoms with Crippen LogP contribution in [0.4, 0.5) is 0 Å². The van der Waals surface area contributed by atoms with E-state index >= 15 is 0 Å². The molecule has 5 heteroatoms. The van der Waals surface area contributed by atoms with Crippen LogP contribution >= 0.6 is 11.6 Å². The number of hydrogen-bond donors (Lipinski definition) is 2. The van der Waals surface area contributed by atoms with Gasteiger partial charge < -0.3 is 10.3 Å². The molecular formula is C16H14ClN3O. The number of amides is 1. The van der Waals surface area contributed by atoms with Crippen molar-refractivity contribution in [3.63, 3.8) is 0 Å². The van der Waals surface area contributed by atoms with E-state index in [1.807, 2.05) is 30.3 Å². The average Bonchev–Trinajstić information content (AvgIpc) is 2.87. The van der Waals surface area contributed by atoms with E-state index in [9.17, 15) is 4.79 Å². The lowest BCUT2D eigenvalue weighted by Gasteiger charge is -2.05. The van der Waals surface area contributed by atoms with E-state index in [-0.39, 0.29) is 5.91 Å². The number of H-pyrrole nitrogens is 1. The average molecular weight is 300 g/mol. The third-order valence-electron chi connectivity index (χ3n) is 3.26. The minimum absolute atomic E-state index is 0.0986. The highest BCUT2D eigenvalue weighted by Crippen LogP contribution is 2.16. The molecular weight excluding hydrogens is 286 g/mol. The summed E-state index contributed by atoms with van der Waals surface area (Å²) in [5.41, 5.74) is 3.31. The van der Waals surface area contributed by atoms with E-state index in [0.29, 0.717) is 17.4 Å². The van der Waals surface area contributed by atoms with E-state index in [1.54, 1.807) is 18.2 Å². The third kappa shape index (κ3) is 3.23. The van der Waals surface area contributed by atoms with Gasteiger partial charge in [0.1, 0.15) is 0 Å². The Hall–Kier alpha value is -2.33. The first-order valence-electron chi connectivity index (χ1n) is 6.70. The maximum Gasteiger partial charge on any atom is 0.251 e. The van der Waals surface area contributed by atoms with Gasteiger partial charge in [-0.15, -0.1) is 0 Å². The number of hydrogen-bond acceptors (Lipinski definition) is 2. The van der Waals surface area contributed by atoms with E-state index in [0.717, 1.165) is 17.5 Å². The maximum atomic E-state index is 12.1. The van der Waals surface area contributed by atoms with Crippen LogP contribution in [0.5, 0.6) is 0 Å². The predicted octanol–water partition coefficient (Wildman–Crippen LogP) is 3.19. The molecule has 3 rings (SSSR count). The normalized spacial score (nSPS) is 10.7. The van der Waals surface area contributed by atoms with Gasteiger partial charge >= 0.3 is 0 Å². The molecule has 3 aromatic rings. The fraction of sp³-hybridized carbons (Fsp3) is 0.125. The maximum absolute atomic E-state index is 12.1. The minimum Gasteiger partial charge on any atom is -0.352 e. The molecule has 0 aliphatic carbocycles. The van der Waals surface area contributed by atoms with Gasteiger partial charge in [-0.2, -0.15) is 0 Å². The number of benzene rings is 2. The predicted molar refractivity (Wildman–Crippen MR) is 83.6 cm³/mol. The Bertz CT molecular complexity index is 768. The molecule has 1 aromatic heterocycles. The highest BCUT2D eigenvalue weighted by Gasteiger charge is 2.08. The number of carbonyl (C=O) groups excluding carboxylic acids is 1. The van der Waals surface area contributed by atoms with Gasteiger partial charge in [0.2, 0.25) is 5.28 Å². The standard InChI is InChI=1S/C16H14ClN3O/c17-16-19-13-7-6-12(10-14(13)20-16)15(21)18-9-8-11-4-2-1-3-5-11/h1-7,10H,8-9H2,(H,18,21)(H,19,20). The van der Waals surface area contributed by atoms with Gasteiger partial charge in [0.25, 0.3) is 5.91 Å². The summed E-state index contributed by atoms with van der Waals surface area (Å²) in [6.45, 7) is 0.602. The molecule has 0 fully saturated rings. The van der Waals surface area contributed by atoms with Gasteiger partial charge in [-0.05, 0) is 41.8 Å². The number of halogens is 1. The summed E-state index contributed by atoms with van der Waals surface area (Å²) in [7, 11) is 0. The van der Waals surface area contributed by atoms with Gasteiger partial charge in [-0.25, -0.2) is 4.98 Å². The van der Waals surface area contributed by atoms with Crippen molar-refractivity contribution in [3.8, 4) is 0 Å². The van der Waals surface area contributed by atoms with Crippen molar-refractivity contribution in [2.75, 3.05) is 6.54 Å². The van der Waals surface area contributed by atoms with Crippen LogP contribution < -0.4 is 5.32 Å². The van der Waals surface area contributed by atoms with Crippen LogP contribution in [0.1, 0.15) is 15.9 Å². The Labute approximate surface area is 127 Å². The molecule has 0 spiro atoms. The fourth-order valence-electron chi connectivity index (χ4n) is 2.19. The highest BCUT2D eigenvalue weighted by atomic mass is 35.5. The first kappa shape index (κ1) is 13.6. The Morgan fingerprint density at radius 1 is 1.19 bits per heavy atom. The summed E-state index contributed by atoms with van der Waals surface area (Å²) in [6, 6.07) is 15.3. The Kier molecular flexibility index (Phi) is 3.88. The number of aromatic nitrogens is 2. The Morgan fingerprint density at radius 2 is 2.00 bits per heavy atom. The van der Waals surface area contributed by atoms with Crippen molar-refractivity contribution in [3.05, 3.63) is 64.9 Å². The summed E-state index contributed by atoms with van der Waals surface area (Å²) >= 11 is 5.80. The monoisotopic (exact) mass is 299 g/mol. The van der Waals surface area contributed by atoms with Gasteiger partial charge in [0.05, 0.1) is 11.0 Å². The summed E-state index contributed by atoms with van der Waals surface area (Å²) < 4.78 is 0. The first-order valence-corrected chi connectivity index (χ1v) is 7.07. The van der Waals surface area contributed by atoms with Crippen LogP contribution in [0.15, 0.2) is 48.5 Å². The molecule has 0 aliphatic rings. The lowest BCUT2D eigenvalue weighted by Crippen LogP contribution is -2.25. The van der Waals surface area contributed by atoms with Gasteiger partial charge in [0.15, 0.2) is 0 Å². The SMILES string of the molecule is O=C(NCCc1ccccc1)c1ccc2nc(Cl)[nH]c2c1. The summed E-state index contributed by atoms with van der Waals surface area (Å²) in [4.78, 5) is 19.1. The Balaban J connectivity index is 1.63. The molecule has 21 heavy (non-hydrogen) atoms. The largest absolute Gasteiger partial charge is 0.352 e. The van der Waals surface area contributed by atoms with Crippen molar-refractivity contribution in [2.24, 2.45) is 0 Å². The lowest BCUT2D eigenvalue weighted by molar-refractivity contribution is 0.0954. The number of fused-ring (bicyclic) bond motifs is 1. The quantitative estimate of drug-likeness (QED) is 0.777. The third-order valence-corrected chi connectivity index (χ3v) is 3.44. The van der Waals surface area contributed by atoms with Crippen LogP contribution in [0.3, 0.4) is 0 Å². The summed E-state index contributed by atoms with van der Waals surface area (Å²) in [5.74, 6) is -0.0986. The van der Waals surface area contributed by atoms with Crippen LogP contribution in [-0.2, 0) is 6.42 Å². The number of carbonyl (C=O) groups is 1. The van der Waals surface area contributed by atoms with Crippen molar-refractivity contribution < 1.29 is 4.79 Å². The first-order chi connectivity index (χ1) is 10.2. The smallest absolute Gasteiger partial charge is 0.251 e. The number of nitrogens with zero attached hydrogens (tertiary/aromatic N) is 1. The van der Waals surface area contributed by atoms with Gasteiger partial charge in [-0.3, -0.25) is 4.79 Å². The molecule has 4 nitrogen and oxygen atoms in total.